The van der Waals surface area contributed by atoms with E-state index >= 15 is 0 Å². The molecule has 3 N–H and O–H groups in total. The number of benzene rings is 1. The molecule has 0 saturated heterocycles. The molecule has 0 heterocycles. The van der Waals surface area contributed by atoms with Crippen molar-refractivity contribution < 1.29 is 8.42 Å². The van der Waals surface area contributed by atoms with Gasteiger partial charge in [-0.15, -0.1) is 0 Å². The predicted octanol–water partition coefficient (Wildman–Crippen LogP) is 2.64. The van der Waals surface area contributed by atoms with E-state index < -0.39 is 10.0 Å². The van der Waals surface area contributed by atoms with Crippen molar-refractivity contribution in [3.8, 4) is 0 Å². The van der Waals surface area contributed by atoms with E-state index in [1.807, 2.05) is 0 Å². The van der Waals surface area contributed by atoms with Crippen molar-refractivity contribution in [2.24, 2.45) is 17.8 Å². The zero-order chi connectivity index (χ0) is 14.3. The van der Waals surface area contributed by atoms with Gasteiger partial charge in [0.1, 0.15) is 4.90 Å². The van der Waals surface area contributed by atoms with Crippen LogP contribution in [0.25, 0.3) is 0 Å². The number of halogens is 1. The van der Waals surface area contributed by atoms with Crippen LogP contribution in [0, 0.1) is 17.8 Å². The van der Waals surface area contributed by atoms with Gasteiger partial charge in [0.25, 0.3) is 0 Å². The molecule has 1 aromatic rings. The highest BCUT2D eigenvalue weighted by molar-refractivity contribution is 7.89. The summed E-state index contributed by atoms with van der Waals surface area (Å²) < 4.78 is 27.3. The molecule has 110 valence electrons. The number of hydrogen-bond acceptors (Lipinski definition) is 3. The largest absolute Gasteiger partial charge is 0.399 e. The lowest BCUT2D eigenvalue weighted by Gasteiger charge is -2.22. The number of nitrogens with one attached hydrogen (secondary N) is 1. The molecule has 2 bridgehead atoms. The molecule has 3 rings (SSSR count). The topological polar surface area (TPSA) is 72.2 Å². The maximum absolute atomic E-state index is 12.3. The van der Waals surface area contributed by atoms with Crippen molar-refractivity contribution in [1.29, 1.82) is 0 Å². The minimum atomic E-state index is -3.58. The van der Waals surface area contributed by atoms with Crippen LogP contribution in [-0.4, -0.2) is 15.0 Å². The van der Waals surface area contributed by atoms with Crippen LogP contribution in [0.1, 0.15) is 25.7 Å². The van der Waals surface area contributed by atoms with Gasteiger partial charge >= 0.3 is 0 Å². The van der Waals surface area contributed by atoms with Gasteiger partial charge in [0.15, 0.2) is 0 Å². The van der Waals surface area contributed by atoms with Crippen molar-refractivity contribution in [3.05, 3.63) is 23.2 Å². The van der Waals surface area contributed by atoms with Gasteiger partial charge in [-0.2, -0.15) is 0 Å². The fraction of sp³-hybridized carbons (Fsp3) is 0.571. The number of sulfonamides is 1. The fourth-order valence-electron chi connectivity index (χ4n) is 3.65. The van der Waals surface area contributed by atoms with Crippen molar-refractivity contribution >= 4 is 27.3 Å². The molecule has 2 fully saturated rings. The quantitative estimate of drug-likeness (QED) is 0.839. The number of hydrogen-bond donors (Lipinski definition) is 2. The summed E-state index contributed by atoms with van der Waals surface area (Å²) in [7, 11) is -3.58. The third kappa shape index (κ3) is 2.67. The molecule has 2 aliphatic carbocycles. The minimum absolute atomic E-state index is 0.0716. The zero-order valence-electron chi connectivity index (χ0n) is 11.2. The monoisotopic (exact) mass is 314 g/mol. The average Bonchev–Trinajstić information content (AvgIpc) is 3.01. The third-order valence-electron chi connectivity index (χ3n) is 4.66. The molecular weight excluding hydrogens is 296 g/mol. The Bertz CT molecular complexity index is 618. The van der Waals surface area contributed by atoms with Crippen LogP contribution in [-0.2, 0) is 10.0 Å². The van der Waals surface area contributed by atoms with E-state index in [2.05, 4.69) is 4.72 Å². The number of fused-ring (bicyclic) bond motifs is 2. The average molecular weight is 315 g/mol. The Hall–Kier alpha value is -0.780. The van der Waals surface area contributed by atoms with Crippen LogP contribution in [0.2, 0.25) is 5.02 Å². The SMILES string of the molecule is Nc1ccc(Cl)c(S(=O)(=O)NCC2CC3CCC2C3)c1. The molecule has 1 aromatic carbocycles. The fourth-order valence-corrected chi connectivity index (χ4v) is 5.27. The van der Waals surface area contributed by atoms with Crippen LogP contribution in [0.15, 0.2) is 23.1 Å². The van der Waals surface area contributed by atoms with E-state index in [1.54, 1.807) is 6.07 Å². The van der Waals surface area contributed by atoms with Crippen LogP contribution in [0.4, 0.5) is 5.69 Å². The maximum Gasteiger partial charge on any atom is 0.242 e. The summed E-state index contributed by atoms with van der Waals surface area (Å²) >= 11 is 5.96. The second kappa shape index (κ2) is 5.20. The summed E-state index contributed by atoms with van der Waals surface area (Å²) in [5.41, 5.74) is 6.04. The van der Waals surface area contributed by atoms with E-state index in [-0.39, 0.29) is 9.92 Å². The van der Waals surface area contributed by atoms with Gasteiger partial charge < -0.3 is 5.73 Å². The minimum Gasteiger partial charge on any atom is -0.399 e. The van der Waals surface area contributed by atoms with Gasteiger partial charge in [0, 0.05) is 12.2 Å². The number of anilines is 1. The third-order valence-corrected chi connectivity index (χ3v) is 6.57. The second-order valence-electron chi connectivity index (χ2n) is 5.98. The maximum atomic E-state index is 12.3. The molecule has 4 nitrogen and oxygen atoms in total. The Morgan fingerprint density at radius 2 is 2.10 bits per heavy atom. The summed E-state index contributed by atoms with van der Waals surface area (Å²) in [6.45, 7) is 0.509. The number of nitrogens with two attached hydrogens (primary N) is 1. The molecule has 6 heteroatoms. The van der Waals surface area contributed by atoms with Crippen molar-refractivity contribution in [2.75, 3.05) is 12.3 Å². The molecule has 0 aliphatic heterocycles. The summed E-state index contributed by atoms with van der Waals surface area (Å²) in [5, 5.41) is 0.208. The van der Waals surface area contributed by atoms with Crippen molar-refractivity contribution in [2.45, 2.75) is 30.6 Å². The number of nitrogen functional groups attached to an aromatic ring is 1. The van der Waals surface area contributed by atoms with E-state index in [1.165, 1.54) is 31.4 Å². The smallest absolute Gasteiger partial charge is 0.242 e. The molecule has 2 aliphatic rings. The molecule has 20 heavy (non-hydrogen) atoms. The van der Waals surface area contributed by atoms with E-state index in [0.29, 0.717) is 24.1 Å². The number of rotatable bonds is 4. The van der Waals surface area contributed by atoms with Crippen LogP contribution >= 0.6 is 11.6 Å². The van der Waals surface area contributed by atoms with Crippen molar-refractivity contribution in [3.63, 3.8) is 0 Å². The first-order valence-electron chi connectivity index (χ1n) is 7.00. The highest BCUT2D eigenvalue weighted by Crippen LogP contribution is 2.48. The Balaban J connectivity index is 1.71. The van der Waals surface area contributed by atoms with Gasteiger partial charge in [0.2, 0.25) is 10.0 Å². The zero-order valence-corrected chi connectivity index (χ0v) is 12.8. The standard InChI is InChI=1S/C14H19ClN2O2S/c15-13-4-3-12(16)7-14(13)20(18,19)17-8-11-6-9-1-2-10(11)5-9/h3-4,7,9-11,17H,1-2,5-6,8,16H2. The lowest BCUT2D eigenvalue weighted by molar-refractivity contribution is 0.333. The van der Waals surface area contributed by atoms with Gasteiger partial charge in [-0.05, 0) is 55.2 Å². The predicted molar refractivity (Wildman–Crippen MR) is 80.0 cm³/mol. The summed E-state index contributed by atoms with van der Waals surface area (Å²) in [6.07, 6.45) is 4.98. The van der Waals surface area contributed by atoms with E-state index in [4.69, 9.17) is 17.3 Å². The summed E-state index contributed by atoms with van der Waals surface area (Å²) in [5.74, 6) is 1.98. The normalized spacial score (nSPS) is 28.9. The second-order valence-corrected chi connectivity index (χ2v) is 8.12. The van der Waals surface area contributed by atoms with Gasteiger partial charge in [-0.3, -0.25) is 0 Å². The summed E-state index contributed by atoms with van der Waals surface area (Å²) in [6, 6.07) is 4.52. The first-order chi connectivity index (χ1) is 9.45. The molecule has 0 radical (unpaired) electrons. The van der Waals surface area contributed by atoms with Crippen LogP contribution in [0.5, 0.6) is 0 Å². The molecule has 0 aromatic heterocycles. The van der Waals surface area contributed by atoms with Crippen LogP contribution < -0.4 is 10.5 Å². The highest BCUT2D eigenvalue weighted by Gasteiger charge is 2.39. The van der Waals surface area contributed by atoms with Crippen LogP contribution in [0.3, 0.4) is 0 Å². The lowest BCUT2D eigenvalue weighted by atomic mass is 9.89. The van der Waals surface area contributed by atoms with Gasteiger partial charge in [0.05, 0.1) is 5.02 Å². The first-order valence-corrected chi connectivity index (χ1v) is 8.86. The Labute approximate surface area is 124 Å². The molecule has 3 unspecified atom stereocenters. The lowest BCUT2D eigenvalue weighted by Crippen LogP contribution is -2.31. The Morgan fingerprint density at radius 1 is 1.30 bits per heavy atom. The van der Waals surface area contributed by atoms with Crippen molar-refractivity contribution in [1.82, 2.24) is 4.72 Å². The molecule has 0 spiro atoms. The summed E-state index contributed by atoms with van der Waals surface area (Å²) in [4.78, 5) is 0.0716. The Kier molecular flexibility index (Phi) is 3.69. The van der Waals surface area contributed by atoms with Gasteiger partial charge in [-0.1, -0.05) is 18.0 Å². The highest BCUT2D eigenvalue weighted by atomic mass is 35.5. The van der Waals surface area contributed by atoms with E-state index in [0.717, 1.165) is 12.3 Å². The molecule has 2 saturated carbocycles. The molecule has 3 atom stereocenters. The van der Waals surface area contributed by atoms with E-state index in [9.17, 15) is 8.42 Å². The molecule has 0 amide bonds. The molecular formula is C14H19ClN2O2S. The Morgan fingerprint density at radius 3 is 2.75 bits per heavy atom. The van der Waals surface area contributed by atoms with Gasteiger partial charge in [-0.25, -0.2) is 13.1 Å². The first kappa shape index (κ1) is 14.2.